The fourth-order valence-electron chi connectivity index (χ4n) is 11.4. The lowest BCUT2D eigenvalue weighted by molar-refractivity contribution is 0.671. The Morgan fingerprint density at radius 3 is 1.64 bits per heavy atom. The number of hydrogen-bond donors (Lipinski definition) is 0. The minimum atomic E-state index is 0.501. The van der Waals surface area contributed by atoms with Crippen LogP contribution in [0.25, 0.3) is 155 Å². The molecule has 0 aliphatic heterocycles. The summed E-state index contributed by atoms with van der Waals surface area (Å²) >= 11 is 0. The third-order valence-electron chi connectivity index (χ3n) is 14.9. The number of aromatic nitrogens is 6. The van der Waals surface area contributed by atoms with Gasteiger partial charge in [-0.2, -0.15) is 0 Å². The van der Waals surface area contributed by atoms with Crippen molar-refractivity contribution in [3.05, 3.63) is 243 Å². The van der Waals surface area contributed by atoms with Crippen LogP contribution in [0, 0.1) is 0 Å². The summed E-state index contributed by atoms with van der Waals surface area (Å²) in [5.41, 5.74) is 15.5. The Morgan fingerprint density at radius 1 is 0.455 bits per heavy atom. The van der Waals surface area contributed by atoms with E-state index in [1.165, 1.54) is 5.39 Å². The summed E-state index contributed by atoms with van der Waals surface area (Å²) in [6.45, 7) is 6.24. The lowest BCUT2D eigenvalue weighted by Gasteiger charge is -2.13. The molecule has 0 saturated carbocycles. The Labute approximate surface area is 441 Å². The number of rotatable bonds is 9. The molecule has 0 radical (unpaired) electrons. The molecule has 0 saturated heterocycles. The van der Waals surface area contributed by atoms with Gasteiger partial charge in [0.1, 0.15) is 11.2 Å². The Morgan fingerprint density at radius 2 is 0.987 bits per heavy atom. The second-order valence-corrected chi connectivity index (χ2v) is 19.3. The van der Waals surface area contributed by atoms with Crippen LogP contribution >= 0.6 is 0 Å². The average molecular weight is 989 g/mol. The highest BCUT2D eigenvalue weighted by molar-refractivity contribution is 6.23. The monoisotopic (exact) mass is 988 g/mol. The minimum absolute atomic E-state index is 0.501. The summed E-state index contributed by atoms with van der Waals surface area (Å²) in [6, 6.07) is 71.4. The first-order chi connectivity index (χ1) is 38.1. The number of para-hydroxylation sites is 3. The zero-order valence-electron chi connectivity index (χ0n) is 41.7. The van der Waals surface area contributed by atoms with Crippen molar-refractivity contribution in [3.8, 4) is 62.2 Å². The molecule has 0 bridgehead atoms. The van der Waals surface area contributed by atoms with Crippen molar-refractivity contribution in [1.29, 1.82) is 0 Å². The van der Waals surface area contributed by atoms with E-state index < -0.39 is 0 Å². The number of furan rings is 2. The molecule has 8 heteroatoms. The largest absolute Gasteiger partial charge is 0.454 e. The molecule has 6 aromatic heterocycles. The molecule has 362 valence electrons. The Balaban J connectivity index is 0.948. The molecule has 15 rings (SSSR count). The Kier molecular flexibility index (Phi) is 10.1. The van der Waals surface area contributed by atoms with Crippen LogP contribution in [0.5, 0.6) is 0 Å². The number of hydrogen-bond acceptors (Lipinski definition) is 6. The van der Waals surface area contributed by atoms with Gasteiger partial charge in [0.15, 0.2) is 28.6 Å². The molecule has 0 amide bonds. The first kappa shape index (κ1) is 44.1. The van der Waals surface area contributed by atoms with E-state index in [4.69, 9.17) is 28.8 Å². The lowest BCUT2D eigenvalue weighted by atomic mass is 9.98. The van der Waals surface area contributed by atoms with Crippen LogP contribution in [0.3, 0.4) is 0 Å². The maximum absolute atomic E-state index is 6.91. The summed E-state index contributed by atoms with van der Waals surface area (Å²) < 4.78 is 18.4. The predicted octanol–water partition coefficient (Wildman–Crippen LogP) is 18.2. The Hall–Kier alpha value is -10.4. The zero-order chi connectivity index (χ0) is 51.1. The third kappa shape index (κ3) is 7.00. The maximum Gasteiger partial charge on any atom is 0.166 e. The molecule has 0 aliphatic carbocycles. The van der Waals surface area contributed by atoms with Gasteiger partial charge in [0.25, 0.3) is 0 Å². The van der Waals surface area contributed by atoms with Gasteiger partial charge >= 0.3 is 0 Å². The van der Waals surface area contributed by atoms with Crippen LogP contribution in [0.4, 0.5) is 0 Å². The van der Waals surface area contributed by atoms with Gasteiger partial charge in [-0.05, 0) is 97.4 Å². The fraction of sp³-hybridized carbons (Fsp3) is 0.0145. The van der Waals surface area contributed by atoms with Crippen LogP contribution in [0.15, 0.2) is 252 Å². The molecule has 9 aromatic carbocycles. The van der Waals surface area contributed by atoms with Crippen molar-refractivity contribution in [2.75, 3.05) is 0 Å². The van der Waals surface area contributed by atoms with E-state index >= 15 is 0 Å². The summed E-state index contributed by atoms with van der Waals surface area (Å²) in [4.78, 5) is 21.0. The molecule has 0 fully saturated rings. The van der Waals surface area contributed by atoms with Gasteiger partial charge in [-0.25, -0.2) is 15.0 Å². The molecule has 0 unspecified atom stereocenters. The fourth-order valence-corrected chi connectivity index (χ4v) is 11.4. The summed E-state index contributed by atoms with van der Waals surface area (Å²) in [5, 5.41) is 8.55. The minimum Gasteiger partial charge on any atom is -0.454 e. The van der Waals surface area contributed by atoms with E-state index in [1.54, 1.807) is 0 Å². The quantitative estimate of drug-likeness (QED) is 0.134. The van der Waals surface area contributed by atoms with Gasteiger partial charge in [0.05, 0.1) is 27.8 Å². The molecule has 0 spiro atoms. The van der Waals surface area contributed by atoms with Gasteiger partial charge in [-0.1, -0.05) is 152 Å². The van der Waals surface area contributed by atoms with Crippen molar-refractivity contribution in [3.63, 3.8) is 0 Å². The van der Waals surface area contributed by atoms with Crippen molar-refractivity contribution < 1.29 is 8.83 Å². The van der Waals surface area contributed by atoms with E-state index in [-0.39, 0.29) is 0 Å². The van der Waals surface area contributed by atoms with Crippen molar-refractivity contribution in [2.24, 2.45) is 0 Å². The van der Waals surface area contributed by atoms with Crippen LogP contribution in [0.2, 0.25) is 0 Å². The number of allylic oxidation sites excluding steroid dienone is 5. The standard InChI is InChI=1S/C69H44N6O2/c1-3-5-23-47(4-2)74-58-28-17-15-26-49(58)51-32-35-54-56-39-45(31-37-61(56)77-65(54)63(51)74)62-57(69-72-67(42-19-9-6-10-20-42)71-68(73-69)43-21-11-7-12-22-43)40-46(41-70-62)44-30-36-60-55(38-44)53-34-33-52-50-27-16-18-29-59(50)75(64(52)66(53)76-60)48-24-13-8-14-25-48/h3-41H,2H2,1H3/b5-3-,47-23+. The summed E-state index contributed by atoms with van der Waals surface area (Å²) in [5.74, 6) is 1.63. The van der Waals surface area contributed by atoms with Gasteiger partial charge in [0.2, 0.25) is 0 Å². The molecule has 15 aromatic rings. The molecule has 8 nitrogen and oxygen atoms in total. The normalized spacial score (nSPS) is 12.3. The molecular weight excluding hydrogens is 945 g/mol. The predicted molar refractivity (Wildman–Crippen MR) is 316 cm³/mol. The second-order valence-electron chi connectivity index (χ2n) is 19.3. The van der Waals surface area contributed by atoms with Crippen molar-refractivity contribution in [1.82, 2.24) is 29.1 Å². The molecule has 6 heterocycles. The summed E-state index contributed by atoms with van der Waals surface area (Å²) in [6.07, 6.45) is 10.0. The van der Waals surface area contributed by atoms with E-state index in [1.807, 2.05) is 92.0 Å². The smallest absolute Gasteiger partial charge is 0.166 e. The maximum atomic E-state index is 6.91. The number of fused-ring (bicyclic) bond motifs is 14. The van der Waals surface area contributed by atoms with Crippen LogP contribution < -0.4 is 0 Å². The highest BCUT2D eigenvalue weighted by Crippen LogP contribution is 2.45. The molecule has 0 atom stereocenters. The average Bonchev–Trinajstić information content (AvgIpc) is 4.37. The highest BCUT2D eigenvalue weighted by Gasteiger charge is 2.24. The zero-order valence-corrected chi connectivity index (χ0v) is 41.7. The second kappa shape index (κ2) is 17.6. The first-order valence-electron chi connectivity index (χ1n) is 25.8. The highest BCUT2D eigenvalue weighted by atomic mass is 16.3. The van der Waals surface area contributed by atoms with E-state index in [2.05, 4.69) is 167 Å². The van der Waals surface area contributed by atoms with Crippen LogP contribution in [0.1, 0.15) is 6.92 Å². The van der Waals surface area contributed by atoms with Crippen LogP contribution in [-0.4, -0.2) is 29.1 Å². The van der Waals surface area contributed by atoms with Crippen molar-refractivity contribution >= 4 is 93.2 Å². The van der Waals surface area contributed by atoms with E-state index in [0.29, 0.717) is 17.5 Å². The van der Waals surface area contributed by atoms with E-state index in [0.717, 1.165) is 133 Å². The number of nitrogens with zero attached hydrogens (tertiary/aromatic N) is 6. The Bertz CT molecular complexity index is 4890. The number of pyridine rings is 1. The lowest BCUT2D eigenvalue weighted by Crippen LogP contribution is -2.02. The molecule has 0 aliphatic rings. The SMILES string of the molecule is C=C/C(=C\C=C/C)n1c2ccccc2c2ccc3c4cc(-c5ncc(-c6ccc7oc8c(ccc9c%10ccccc%10n(-c%10ccccc%10)c98)c7c6)cc5-c5nc(-c6ccccc6)nc(-c6ccccc6)n5)ccc4oc3c21. The van der Waals surface area contributed by atoms with Gasteiger partial charge in [0, 0.05) is 88.5 Å². The third-order valence-corrected chi connectivity index (χ3v) is 14.9. The molecular formula is C69H44N6O2. The molecule has 0 N–H and O–H groups in total. The van der Waals surface area contributed by atoms with E-state index in [9.17, 15) is 0 Å². The number of benzene rings is 9. The van der Waals surface area contributed by atoms with Gasteiger partial charge in [-0.3, -0.25) is 4.98 Å². The first-order valence-corrected chi connectivity index (χ1v) is 25.8. The van der Waals surface area contributed by atoms with Crippen LogP contribution in [-0.2, 0) is 0 Å². The van der Waals surface area contributed by atoms with Gasteiger partial charge < -0.3 is 18.0 Å². The topological polar surface area (TPSA) is 87.7 Å². The van der Waals surface area contributed by atoms with Crippen molar-refractivity contribution in [2.45, 2.75) is 6.92 Å². The summed E-state index contributed by atoms with van der Waals surface area (Å²) in [7, 11) is 0. The van der Waals surface area contributed by atoms with Gasteiger partial charge in [-0.15, -0.1) is 0 Å². The molecule has 77 heavy (non-hydrogen) atoms.